The summed E-state index contributed by atoms with van der Waals surface area (Å²) in [6, 6.07) is 6.77. The molecule has 0 unspecified atom stereocenters. The van der Waals surface area contributed by atoms with E-state index in [0.29, 0.717) is 5.39 Å². The van der Waals surface area contributed by atoms with Crippen LogP contribution in [0.2, 0.25) is 0 Å². The molecule has 4 heteroatoms. The molecular formula is C16H24N2O2. The van der Waals surface area contributed by atoms with E-state index >= 15 is 0 Å². The van der Waals surface area contributed by atoms with Crippen molar-refractivity contribution in [1.29, 1.82) is 0 Å². The first-order valence-electron chi connectivity index (χ1n) is 7.16. The third-order valence-corrected chi connectivity index (χ3v) is 2.41. The minimum Gasteiger partial charge on any atom is -0.258 e. The number of aryl methyl sites for hydroxylation is 1. The van der Waals surface area contributed by atoms with Crippen molar-refractivity contribution < 1.29 is 4.92 Å². The van der Waals surface area contributed by atoms with E-state index < -0.39 is 0 Å². The fourth-order valence-corrected chi connectivity index (χ4v) is 1.66. The second kappa shape index (κ2) is 9.89. The van der Waals surface area contributed by atoms with Crippen molar-refractivity contribution in [3.8, 4) is 0 Å². The van der Waals surface area contributed by atoms with Gasteiger partial charge in [-0.1, -0.05) is 47.1 Å². The second-order valence-electron chi connectivity index (χ2n) is 3.96. The Morgan fingerprint density at radius 1 is 1.15 bits per heavy atom. The van der Waals surface area contributed by atoms with Gasteiger partial charge in [0, 0.05) is 12.3 Å². The third kappa shape index (κ3) is 4.61. The lowest BCUT2D eigenvalue weighted by molar-refractivity contribution is -0.383. The number of nitro benzene ring substituents is 1. The molecule has 0 N–H and O–H groups in total. The summed E-state index contributed by atoms with van der Waals surface area (Å²) in [5, 5.41) is 11.4. The molecule has 1 aromatic heterocycles. The molecule has 0 bridgehead atoms. The fourth-order valence-electron chi connectivity index (χ4n) is 1.66. The minimum absolute atomic E-state index is 0.121. The normalized spacial score (nSPS) is 9.05. The zero-order valence-corrected chi connectivity index (χ0v) is 13.0. The minimum atomic E-state index is -0.372. The molecule has 2 aromatic rings. The lowest BCUT2D eigenvalue weighted by atomic mass is 10.1. The van der Waals surface area contributed by atoms with E-state index in [1.807, 2.05) is 20.8 Å². The van der Waals surface area contributed by atoms with Crippen LogP contribution in [0.15, 0.2) is 30.5 Å². The number of benzene rings is 1. The molecule has 20 heavy (non-hydrogen) atoms. The molecule has 110 valence electrons. The molecule has 0 radical (unpaired) electrons. The van der Waals surface area contributed by atoms with Crippen molar-refractivity contribution in [3.05, 3.63) is 46.1 Å². The average molecular weight is 276 g/mol. The van der Waals surface area contributed by atoms with Crippen LogP contribution in [0.5, 0.6) is 0 Å². The van der Waals surface area contributed by atoms with Crippen LogP contribution in [0.4, 0.5) is 5.69 Å². The first kappa shape index (κ1) is 18.0. The molecule has 0 saturated heterocycles. The lowest BCUT2D eigenvalue weighted by Gasteiger charge is -2.03. The summed E-state index contributed by atoms with van der Waals surface area (Å²) in [5.74, 6) is 0. The maximum absolute atomic E-state index is 10.8. The highest BCUT2D eigenvalue weighted by atomic mass is 16.6. The van der Waals surface area contributed by atoms with Gasteiger partial charge in [0.05, 0.1) is 15.8 Å². The number of nitro groups is 1. The topological polar surface area (TPSA) is 56.0 Å². The van der Waals surface area contributed by atoms with E-state index in [-0.39, 0.29) is 10.6 Å². The fraction of sp³-hybridized carbons (Fsp3) is 0.438. The van der Waals surface area contributed by atoms with Crippen LogP contribution >= 0.6 is 0 Å². The highest BCUT2D eigenvalue weighted by Gasteiger charge is 2.13. The number of rotatable bonds is 2. The predicted molar refractivity (Wildman–Crippen MR) is 85.1 cm³/mol. The molecule has 1 heterocycles. The highest BCUT2D eigenvalue weighted by Crippen LogP contribution is 2.26. The molecule has 0 aliphatic carbocycles. The Balaban J connectivity index is 0.000000641. The Hall–Kier alpha value is -1.97. The number of nitrogens with zero attached hydrogens (tertiary/aromatic N) is 2. The predicted octanol–water partition coefficient (Wildman–Crippen LogP) is 5.15. The summed E-state index contributed by atoms with van der Waals surface area (Å²) < 4.78 is 0. The highest BCUT2D eigenvalue weighted by molar-refractivity contribution is 5.90. The quantitative estimate of drug-likeness (QED) is 0.563. The Labute approximate surface area is 121 Å². The Morgan fingerprint density at radius 2 is 1.75 bits per heavy atom. The number of fused-ring (bicyclic) bond motifs is 1. The van der Waals surface area contributed by atoms with Gasteiger partial charge in [0.25, 0.3) is 5.69 Å². The Bertz CT molecular complexity index is 539. The van der Waals surface area contributed by atoms with E-state index in [4.69, 9.17) is 0 Å². The largest absolute Gasteiger partial charge is 0.278 e. The van der Waals surface area contributed by atoms with E-state index in [9.17, 15) is 10.1 Å². The summed E-state index contributed by atoms with van der Waals surface area (Å²) >= 11 is 0. The van der Waals surface area contributed by atoms with Gasteiger partial charge in [0.2, 0.25) is 0 Å². The maximum atomic E-state index is 10.8. The molecule has 2 rings (SSSR count). The van der Waals surface area contributed by atoms with E-state index in [2.05, 4.69) is 18.8 Å². The zero-order valence-electron chi connectivity index (χ0n) is 13.0. The second-order valence-corrected chi connectivity index (χ2v) is 3.96. The Morgan fingerprint density at radius 3 is 2.25 bits per heavy atom. The van der Waals surface area contributed by atoms with Crippen LogP contribution in [-0.2, 0) is 6.42 Å². The van der Waals surface area contributed by atoms with Crippen LogP contribution in [0.1, 0.15) is 46.6 Å². The van der Waals surface area contributed by atoms with Crippen molar-refractivity contribution in [2.24, 2.45) is 0 Å². The molecule has 0 fully saturated rings. The van der Waals surface area contributed by atoms with Gasteiger partial charge in [-0.2, -0.15) is 0 Å². The smallest absolute Gasteiger partial charge is 0.258 e. The Kier molecular flexibility index (Phi) is 8.92. The summed E-state index contributed by atoms with van der Waals surface area (Å²) in [4.78, 5) is 14.6. The van der Waals surface area contributed by atoms with E-state index in [1.54, 1.807) is 30.5 Å². The molecule has 0 saturated carbocycles. The zero-order chi connectivity index (χ0) is 15.5. The molecule has 1 aromatic carbocycles. The van der Waals surface area contributed by atoms with Gasteiger partial charge >= 0.3 is 0 Å². The number of pyridine rings is 1. The maximum Gasteiger partial charge on any atom is 0.278 e. The number of hydrogen-bond donors (Lipinski definition) is 0. The molecule has 0 spiro atoms. The molecule has 0 aliphatic rings. The monoisotopic (exact) mass is 276 g/mol. The molecule has 0 aliphatic heterocycles. The lowest BCUT2D eigenvalue weighted by Crippen LogP contribution is -1.93. The van der Waals surface area contributed by atoms with Gasteiger partial charge in [0.1, 0.15) is 0 Å². The number of hydrogen-bond acceptors (Lipinski definition) is 3. The standard InChI is InChI=1S/C11H10N2O2.C3H8.C2H6/c1-2-8-5-6-10(13(14)15)9-4-3-7-12-11(8)9;1-3-2;1-2/h3-7H,2H2,1H3;3H2,1-2H3;1-2H3. The van der Waals surface area contributed by atoms with Crippen molar-refractivity contribution in [3.63, 3.8) is 0 Å². The van der Waals surface area contributed by atoms with Crippen molar-refractivity contribution in [2.75, 3.05) is 0 Å². The summed E-state index contributed by atoms with van der Waals surface area (Å²) in [7, 11) is 0. The van der Waals surface area contributed by atoms with Gasteiger partial charge in [-0.25, -0.2) is 0 Å². The van der Waals surface area contributed by atoms with Gasteiger partial charge in [-0.15, -0.1) is 0 Å². The number of aromatic nitrogens is 1. The summed E-state index contributed by atoms with van der Waals surface area (Å²) in [6.07, 6.45) is 3.73. The van der Waals surface area contributed by atoms with Crippen molar-refractivity contribution in [2.45, 2.75) is 47.5 Å². The molecule has 4 nitrogen and oxygen atoms in total. The van der Waals surface area contributed by atoms with Crippen LogP contribution in [0.25, 0.3) is 10.9 Å². The first-order chi connectivity index (χ1) is 9.65. The van der Waals surface area contributed by atoms with E-state index in [0.717, 1.165) is 17.5 Å². The van der Waals surface area contributed by atoms with Crippen LogP contribution in [0.3, 0.4) is 0 Å². The molecular weight excluding hydrogens is 252 g/mol. The van der Waals surface area contributed by atoms with E-state index in [1.165, 1.54) is 6.42 Å². The van der Waals surface area contributed by atoms with Gasteiger partial charge in [-0.05, 0) is 24.1 Å². The van der Waals surface area contributed by atoms with Gasteiger partial charge < -0.3 is 0 Å². The molecule has 0 atom stereocenters. The van der Waals surface area contributed by atoms with Crippen LogP contribution < -0.4 is 0 Å². The van der Waals surface area contributed by atoms with Crippen molar-refractivity contribution >= 4 is 16.6 Å². The summed E-state index contributed by atoms with van der Waals surface area (Å²) in [6.45, 7) is 10.3. The van der Waals surface area contributed by atoms with Gasteiger partial charge in [-0.3, -0.25) is 15.1 Å². The summed E-state index contributed by atoms with van der Waals surface area (Å²) in [5.41, 5.74) is 1.89. The molecule has 0 amide bonds. The third-order valence-electron chi connectivity index (χ3n) is 2.41. The van der Waals surface area contributed by atoms with Gasteiger partial charge in [0.15, 0.2) is 0 Å². The van der Waals surface area contributed by atoms with Crippen LogP contribution in [-0.4, -0.2) is 9.91 Å². The number of non-ortho nitro benzene ring substituents is 1. The van der Waals surface area contributed by atoms with Crippen LogP contribution in [0, 0.1) is 10.1 Å². The SMILES string of the molecule is CC.CCC.CCc1ccc([N+](=O)[O-])c2cccnc12. The average Bonchev–Trinajstić information content (AvgIpc) is 2.48. The van der Waals surface area contributed by atoms with Crippen molar-refractivity contribution in [1.82, 2.24) is 4.98 Å². The first-order valence-corrected chi connectivity index (χ1v) is 7.16.